The molecule has 0 saturated heterocycles. The molecule has 0 atom stereocenters. The molecule has 0 aliphatic heterocycles. The molecule has 7 heteroatoms. The summed E-state index contributed by atoms with van der Waals surface area (Å²) in [5.41, 5.74) is 5.48. The molecule has 25 heavy (non-hydrogen) atoms. The van der Waals surface area contributed by atoms with Crippen molar-refractivity contribution in [2.75, 3.05) is 13.1 Å². The van der Waals surface area contributed by atoms with Gasteiger partial charge in [0.1, 0.15) is 0 Å². The van der Waals surface area contributed by atoms with Crippen LogP contribution in [0.2, 0.25) is 0 Å². The number of hydrogen-bond acceptors (Lipinski definition) is 4. The van der Waals surface area contributed by atoms with Crippen LogP contribution in [0.1, 0.15) is 58.3 Å². The van der Waals surface area contributed by atoms with Gasteiger partial charge < -0.3 is 21.3 Å². The monoisotopic (exact) mass is 356 g/mol. The molecular formula is C18H32N2O5. The van der Waals surface area contributed by atoms with Gasteiger partial charge in [-0.2, -0.15) is 0 Å². The molecule has 0 radical (unpaired) electrons. The zero-order chi connectivity index (χ0) is 18.8. The number of amides is 1. The highest BCUT2D eigenvalue weighted by Gasteiger charge is 2.26. The van der Waals surface area contributed by atoms with E-state index in [2.05, 4.69) is 5.32 Å². The van der Waals surface area contributed by atoms with Crippen molar-refractivity contribution in [1.29, 1.82) is 0 Å². The number of nitrogens with one attached hydrogen (secondary N) is 1. The van der Waals surface area contributed by atoms with Gasteiger partial charge in [0.05, 0.1) is 11.8 Å². The minimum atomic E-state index is -0.678. The smallest absolute Gasteiger partial charge is 0.306 e. The Balaban J connectivity index is 0.000000257. The van der Waals surface area contributed by atoms with Gasteiger partial charge in [-0.1, -0.05) is 0 Å². The molecule has 0 aromatic rings. The summed E-state index contributed by atoms with van der Waals surface area (Å²) in [5.74, 6) is -0.546. The zero-order valence-corrected chi connectivity index (χ0v) is 15.1. The number of carboxylic acid groups (broad SMARTS) is 2. The van der Waals surface area contributed by atoms with E-state index in [1.165, 1.54) is 6.92 Å². The predicted octanol–water partition coefficient (Wildman–Crippen LogP) is 1.85. The maximum atomic E-state index is 10.7. The number of carboxylic acids is 2. The standard InChI is InChI=1S/C10H17NO3.C8H15NO2/c1-7(12)11-6-8-2-4-9(5-3-8)10(13)14;9-5-6-1-3-7(4-2-6)8(10)11/h8-9H,2-6H2,1H3,(H,11,12)(H,13,14);6-7H,1-5,9H2,(H,10,11). The quantitative estimate of drug-likeness (QED) is 0.595. The first kappa shape index (κ1) is 21.4. The first-order valence-electron chi connectivity index (χ1n) is 9.23. The molecule has 2 fully saturated rings. The largest absolute Gasteiger partial charge is 0.481 e. The summed E-state index contributed by atoms with van der Waals surface area (Å²) >= 11 is 0. The minimum absolute atomic E-state index is 0.00893. The normalized spacial score (nSPS) is 29.0. The molecule has 2 aliphatic rings. The van der Waals surface area contributed by atoms with Crippen LogP contribution >= 0.6 is 0 Å². The number of carbonyl (C=O) groups excluding carboxylic acids is 1. The number of carbonyl (C=O) groups is 3. The SMILES string of the molecule is CC(=O)NCC1CCC(C(=O)O)CC1.NCC1CCC(C(=O)O)CC1. The average molecular weight is 356 g/mol. The summed E-state index contributed by atoms with van der Waals surface area (Å²) in [6, 6.07) is 0. The van der Waals surface area contributed by atoms with Crippen molar-refractivity contribution in [3.63, 3.8) is 0 Å². The van der Waals surface area contributed by atoms with E-state index in [0.717, 1.165) is 51.4 Å². The van der Waals surface area contributed by atoms with Crippen LogP contribution in [0.3, 0.4) is 0 Å². The van der Waals surface area contributed by atoms with Gasteiger partial charge in [0.15, 0.2) is 0 Å². The van der Waals surface area contributed by atoms with Crippen LogP contribution in [0.25, 0.3) is 0 Å². The van der Waals surface area contributed by atoms with Crippen LogP contribution in [0.15, 0.2) is 0 Å². The molecule has 2 saturated carbocycles. The molecule has 0 aromatic carbocycles. The lowest BCUT2D eigenvalue weighted by molar-refractivity contribution is -0.144. The van der Waals surface area contributed by atoms with Crippen LogP contribution in [-0.4, -0.2) is 41.1 Å². The average Bonchev–Trinajstić information content (AvgIpc) is 2.60. The van der Waals surface area contributed by atoms with Crippen LogP contribution in [0, 0.1) is 23.7 Å². The lowest BCUT2D eigenvalue weighted by atomic mass is 9.82. The van der Waals surface area contributed by atoms with E-state index in [-0.39, 0.29) is 17.7 Å². The lowest BCUT2D eigenvalue weighted by Gasteiger charge is -2.25. The van der Waals surface area contributed by atoms with E-state index in [4.69, 9.17) is 15.9 Å². The third kappa shape index (κ3) is 8.34. The first-order valence-corrected chi connectivity index (χ1v) is 9.23. The van der Waals surface area contributed by atoms with Gasteiger partial charge in [0.2, 0.25) is 5.91 Å². The van der Waals surface area contributed by atoms with E-state index >= 15 is 0 Å². The van der Waals surface area contributed by atoms with Gasteiger partial charge in [-0.15, -0.1) is 0 Å². The molecule has 0 unspecified atom stereocenters. The lowest BCUT2D eigenvalue weighted by Crippen LogP contribution is -2.31. The second-order valence-electron chi connectivity index (χ2n) is 7.28. The Morgan fingerprint density at radius 2 is 1.24 bits per heavy atom. The molecule has 0 bridgehead atoms. The third-order valence-corrected chi connectivity index (χ3v) is 5.37. The van der Waals surface area contributed by atoms with Crippen molar-refractivity contribution in [2.45, 2.75) is 58.3 Å². The van der Waals surface area contributed by atoms with Crippen molar-refractivity contribution in [3.05, 3.63) is 0 Å². The van der Waals surface area contributed by atoms with Crippen LogP contribution in [0.4, 0.5) is 0 Å². The molecule has 2 aliphatic carbocycles. The summed E-state index contributed by atoms with van der Waals surface area (Å²) in [6.07, 6.45) is 6.95. The fourth-order valence-electron chi connectivity index (χ4n) is 3.55. The van der Waals surface area contributed by atoms with E-state index < -0.39 is 11.9 Å². The molecule has 5 N–H and O–H groups in total. The molecule has 1 amide bonds. The van der Waals surface area contributed by atoms with Gasteiger partial charge in [0.25, 0.3) is 0 Å². The Morgan fingerprint density at radius 3 is 1.56 bits per heavy atom. The molecule has 0 aromatic heterocycles. The van der Waals surface area contributed by atoms with E-state index in [9.17, 15) is 14.4 Å². The molecule has 144 valence electrons. The zero-order valence-electron chi connectivity index (χ0n) is 15.1. The number of aliphatic carboxylic acids is 2. The number of rotatable bonds is 5. The van der Waals surface area contributed by atoms with Gasteiger partial charge in [-0.3, -0.25) is 14.4 Å². The van der Waals surface area contributed by atoms with Crippen LogP contribution in [0.5, 0.6) is 0 Å². The highest BCUT2D eigenvalue weighted by Crippen LogP contribution is 2.28. The first-order chi connectivity index (χ1) is 11.8. The third-order valence-electron chi connectivity index (χ3n) is 5.37. The van der Waals surface area contributed by atoms with Crippen molar-refractivity contribution >= 4 is 17.8 Å². The Hall–Kier alpha value is -1.63. The second-order valence-corrected chi connectivity index (χ2v) is 7.28. The van der Waals surface area contributed by atoms with Crippen LogP contribution in [-0.2, 0) is 14.4 Å². The summed E-state index contributed by atoms with van der Waals surface area (Å²) < 4.78 is 0. The highest BCUT2D eigenvalue weighted by atomic mass is 16.4. The van der Waals surface area contributed by atoms with Gasteiger partial charge in [-0.25, -0.2) is 0 Å². The van der Waals surface area contributed by atoms with Gasteiger partial charge >= 0.3 is 11.9 Å². The Morgan fingerprint density at radius 1 is 0.840 bits per heavy atom. The maximum Gasteiger partial charge on any atom is 0.306 e. The van der Waals surface area contributed by atoms with Crippen molar-refractivity contribution in [2.24, 2.45) is 29.4 Å². The Labute approximate surface area is 149 Å². The van der Waals surface area contributed by atoms with Gasteiger partial charge in [0, 0.05) is 13.5 Å². The second kappa shape index (κ2) is 11.1. The van der Waals surface area contributed by atoms with Crippen molar-refractivity contribution in [1.82, 2.24) is 5.32 Å². The topological polar surface area (TPSA) is 130 Å². The Bertz CT molecular complexity index is 439. The fraction of sp³-hybridized carbons (Fsp3) is 0.833. The van der Waals surface area contributed by atoms with E-state index in [1.54, 1.807) is 0 Å². The maximum absolute atomic E-state index is 10.7. The molecule has 0 heterocycles. The Kier molecular flexibility index (Phi) is 9.49. The van der Waals surface area contributed by atoms with E-state index in [0.29, 0.717) is 24.9 Å². The van der Waals surface area contributed by atoms with Crippen molar-refractivity contribution < 1.29 is 24.6 Å². The fourth-order valence-corrected chi connectivity index (χ4v) is 3.55. The molecular weight excluding hydrogens is 324 g/mol. The van der Waals surface area contributed by atoms with E-state index in [1.807, 2.05) is 0 Å². The molecule has 0 spiro atoms. The highest BCUT2D eigenvalue weighted by molar-refractivity contribution is 5.72. The van der Waals surface area contributed by atoms with Crippen LogP contribution < -0.4 is 11.1 Å². The molecule has 7 nitrogen and oxygen atoms in total. The number of hydrogen-bond donors (Lipinski definition) is 4. The molecule has 2 rings (SSSR count). The van der Waals surface area contributed by atoms with Crippen molar-refractivity contribution in [3.8, 4) is 0 Å². The predicted molar refractivity (Wildman–Crippen MR) is 93.9 cm³/mol. The summed E-state index contributed by atoms with van der Waals surface area (Å²) in [6.45, 7) is 2.91. The summed E-state index contributed by atoms with van der Waals surface area (Å²) in [7, 11) is 0. The number of nitrogens with two attached hydrogens (primary N) is 1. The summed E-state index contributed by atoms with van der Waals surface area (Å²) in [4.78, 5) is 31.8. The minimum Gasteiger partial charge on any atom is -0.481 e. The summed E-state index contributed by atoms with van der Waals surface area (Å²) in [5, 5.41) is 20.2. The van der Waals surface area contributed by atoms with Gasteiger partial charge in [-0.05, 0) is 69.7 Å².